The summed E-state index contributed by atoms with van der Waals surface area (Å²) < 4.78 is 25.3. The maximum Gasteiger partial charge on any atom is 0.214 e. The Labute approximate surface area is 85.8 Å². The third-order valence-corrected chi connectivity index (χ3v) is 4.06. The minimum Gasteiger partial charge on any atom is -0.395 e. The van der Waals surface area contributed by atoms with Crippen molar-refractivity contribution >= 4 is 10.0 Å². The Morgan fingerprint density at radius 2 is 2.14 bits per heavy atom. The van der Waals surface area contributed by atoms with Crippen LogP contribution in [0.4, 0.5) is 0 Å². The quantitative estimate of drug-likeness (QED) is 0.725. The van der Waals surface area contributed by atoms with Gasteiger partial charge in [-0.25, -0.2) is 13.1 Å². The standard InChI is InChI=1S/C9H19NO3S/c1-8-3-2-4-9(7-8)10-14(12,13)6-5-11/h8-11H,2-7H2,1H3. The molecule has 1 aliphatic rings. The fourth-order valence-corrected chi connectivity index (χ4v) is 3.05. The summed E-state index contributed by atoms with van der Waals surface area (Å²) in [6.07, 6.45) is 4.13. The van der Waals surface area contributed by atoms with E-state index in [1.807, 2.05) is 0 Å². The van der Waals surface area contributed by atoms with Crippen LogP contribution in [0.25, 0.3) is 0 Å². The number of rotatable bonds is 4. The molecule has 5 heteroatoms. The highest BCUT2D eigenvalue weighted by atomic mass is 32.2. The van der Waals surface area contributed by atoms with Gasteiger partial charge in [0, 0.05) is 6.04 Å². The summed E-state index contributed by atoms with van der Waals surface area (Å²) >= 11 is 0. The van der Waals surface area contributed by atoms with Crippen LogP contribution in [0.2, 0.25) is 0 Å². The summed E-state index contributed by atoms with van der Waals surface area (Å²) in [5, 5.41) is 8.56. The van der Waals surface area contributed by atoms with E-state index in [0.29, 0.717) is 5.92 Å². The van der Waals surface area contributed by atoms with Gasteiger partial charge in [-0.05, 0) is 18.8 Å². The molecule has 0 aromatic rings. The monoisotopic (exact) mass is 221 g/mol. The van der Waals surface area contributed by atoms with Crippen molar-refractivity contribution in [2.75, 3.05) is 12.4 Å². The third-order valence-electron chi connectivity index (χ3n) is 2.64. The topological polar surface area (TPSA) is 66.4 Å². The number of sulfonamides is 1. The van der Waals surface area contributed by atoms with Gasteiger partial charge in [-0.2, -0.15) is 0 Å². The van der Waals surface area contributed by atoms with Crippen LogP contribution >= 0.6 is 0 Å². The first-order valence-electron chi connectivity index (χ1n) is 5.14. The Morgan fingerprint density at radius 3 is 2.71 bits per heavy atom. The number of hydrogen-bond acceptors (Lipinski definition) is 3. The van der Waals surface area contributed by atoms with Crippen molar-refractivity contribution in [1.82, 2.24) is 4.72 Å². The lowest BCUT2D eigenvalue weighted by atomic mass is 9.88. The molecular weight excluding hydrogens is 202 g/mol. The maximum atomic E-state index is 11.3. The molecule has 2 unspecified atom stereocenters. The second-order valence-corrected chi connectivity index (χ2v) is 6.00. The van der Waals surface area contributed by atoms with Crippen LogP contribution in [0.1, 0.15) is 32.6 Å². The summed E-state index contributed by atoms with van der Waals surface area (Å²) in [5.41, 5.74) is 0. The minimum absolute atomic E-state index is 0.0790. The summed E-state index contributed by atoms with van der Waals surface area (Å²) in [4.78, 5) is 0. The molecule has 4 nitrogen and oxygen atoms in total. The molecule has 14 heavy (non-hydrogen) atoms. The van der Waals surface area contributed by atoms with Crippen molar-refractivity contribution in [1.29, 1.82) is 0 Å². The zero-order valence-electron chi connectivity index (χ0n) is 8.57. The highest BCUT2D eigenvalue weighted by Gasteiger charge is 2.22. The molecule has 1 saturated carbocycles. The summed E-state index contributed by atoms with van der Waals surface area (Å²) in [6, 6.07) is 0.0790. The lowest BCUT2D eigenvalue weighted by Crippen LogP contribution is -2.39. The van der Waals surface area contributed by atoms with Crippen LogP contribution in [0.15, 0.2) is 0 Å². The summed E-state index contributed by atoms with van der Waals surface area (Å²) in [7, 11) is -3.25. The predicted octanol–water partition coefficient (Wildman–Crippen LogP) is 0.477. The lowest BCUT2D eigenvalue weighted by Gasteiger charge is -2.27. The zero-order valence-corrected chi connectivity index (χ0v) is 9.39. The van der Waals surface area contributed by atoms with Gasteiger partial charge >= 0.3 is 0 Å². The molecule has 1 fully saturated rings. The fraction of sp³-hybridized carbons (Fsp3) is 1.00. The molecule has 0 heterocycles. The minimum atomic E-state index is -3.25. The number of hydrogen-bond donors (Lipinski definition) is 2. The predicted molar refractivity (Wildman–Crippen MR) is 55.4 cm³/mol. The molecule has 1 aliphatic carbocycles. The van der Waals surface area contributed by atoms with Gasteiger partial charge in [0.05, 0.1) is 12.4 Å². The van der Waals surface area contributed by atoms with E-state index < -0.39 is 10.0 Å². The van der Waals surface area contributed by atoms with E-state index in [1.165, 1.54) is 6.42 Å². The molecule has 2 atom stereocenters. The second kappa shape index (κ2) is 5.09. The zero-order chi connectivity index (χ0) is 10.6. The fourth-order valence-electron chi connectivity index (χ4n) is 1.97. The van der Waals surface area contributed by atoms with E-state index in [1.54, 1.807) is 0 Å². The number of nitrogens with one attached hydrogen (secondary N) is 1. The Bertz CT molecular complexity index is 263. The highest BCUT2D eigenvalue weighted by Crippen LogP contribution is 2.23. The third kappa shape index (κ3) is 3.94. The van der Waals surface area contributed by atoms with Gasteiger partial charge < -0.3 is 5.11 Å². The smallest absolute Gasteiger partial charge is 0.214 e. The first-order valence-corrected chi connectivity index (χ1v) is 6.79. The van der Waals surface area contributed by atoms with Crippen LogP contribution in [0, 0.1) is 5.92 Å². The largest absolute Gasteiger partial charge is 0.395 e. The summed E-state index contributed by atoms with van der Waals surface area (Å²) in [6.45, 7) is 1.84. The van der Waals surface area contributed by atoms with E-state index in [-0.39, 0.29) is 18.4 Å². The maximum absolute atomic E-state index is 11.3. The first-order chi connectivity index (χ1) is 6.53. The van der Waals surface area contributed by atoms with Crippen molar-refractivity contribution in [3.05, 3.63) is 0 Å². The molecule has 84 valence electrons. The van der Waals surface area contributed by atoms with E-state index in [2.05, 4.69) is 11.6 Å². The van der Waals surface area contributed by atoms with E-state index in [4.69, 9.17) is 5.11 Å². The van der Waals surface area contributed by atoms with Crippen molar-refractivity contribution in [3.63, 3.8) is 0 Å². The van der Waals surface area contributed by atoms with Crippen LogP contribution in [-0.4, -0.2) is 31.9 Å². The first kappa shape index (κ1) is 11.9. The van der Waals surface area contributed by atoms with Crippen molar-refractivity contribution in [3.8, 4) is 0 Å². The average Bonchev–Trinajstić information content (AvgIpc) is 2.02. The van der Waals surface area contributed by atoms with E-state index in [9.17, 15) is 8.42 Å². The number of aliphatic hydroxyl groups is 1. The second-order valence-electron chi connectivity index (χ2n) is 4.13. The SMILES string of the molecule is CC1CCCC(NS(=O)(=O)CCO)C1. The molecular formula is C9H19NO3S. The molecule has 0 saturated heterocycles. The van der Waals surface area contributed by atoms with E-state index in [0.717, 1.165) is 19.3 Å². The molecule has 0 bridgehead atoms. The van der Waals surface area contributed by atoms with Crippen LogP contribution < -0.4 is 4.72 Å². The molecule has 0 spiro atoms. The molecule has 2 N–H and O–H groups in total. The highest BCUT2D eigenvalue weighted by molar-refractivity contribution is 7.89. The Hall–Kier alpha value is -0.130. The van der Waals surface area contributed by atoms with Crippen LogP contribution in [0.3, 0.4) is 0 Å². The molecule has 0 aliphatic heterocycles. The van der Waals surface area contributed by atoms with Gasteiger partial charge in [-0.1, -0.05) is 19.8 Å². The average molecular weight is 221 g/mol. The molecule has 0 amide bonds. The van der Waals surface area contributed by atoms with Gasteiger partial charge in [-0.3, -0.25) is 0 Å². The van der Waals surface area contributed by atoms with Crippen molar-refractivity contribution < 1.29 is 13.5 Å². The molecule has 1 rings (SSSR count). The molecule has 0 aromatic carbocycles. The lowest BCUT2D eigenvalue weighted by molar-refractivity contribution is 0.313. The van der Waals surface area contributed by atoms with Gasteiger partial charge in [0.25, 0.3) is 0 Å². The van der Waals surface area contributed by atoms with Crippen LogP contribution in [-0.2, 0) is 10.0 Å². The van der Waals surface area contributed by atoms with Crippen molar-refractivity contribution in [2.45, 2.75) is 38.6 Å². The van der Waals surface area contributed by atoms with Gasteiger partial charge in [-0.15, -0.1) is 0 Å². The molecule has 0 radical (unpaired) electrons. The summed E-state index contributed by atoms with van der Waals surface area (Å²) in [5.74, 6) is 0.420. The van der Waals surface area contributed by atoms with Crippen molar-refractivity contribution in [2.24, 2.45) is 5.92 Å². The van der Waals surface area contributed by atoms with E-state index >= 15 is 0 Å². The van der Waals surface area contributed by atoms with Crippen LogP contribution in [0.5, 0.6) is 0 Å². The molecule has 0 aromatic heterocycles. The van der Waals surface area contributed by atoms with Gasteiger partial charge in [0.1, 0.15) is 0 Å². The van der Waals surface area contributed by atoms with Gasteiger partial charge in [0.2, 0.25) is 10.0 Å². The normalized spacial score (nSPS) is 29.0. The number of aliphatic hydroxyl groups excluding tert-OH is 1. The Morgan fingerprint density at radius 1 is 1.43 bits per heavy atom. The van der Waals surface area contributed by atoms with Gasteiger partial charge in [0.15, 0.2) is 0 Å². The Balaban J connectivity index is 2.43. The Kier molecular flexibility index (Phi) is 4.34.